The van der Waals surface area contributed by atoms with Crippen molar-refractivity contribution >= 4 is 38.8 Å². The van der Waals surface area contributed by atoms with Crippen molar-refractivity contribution in [3.8, 4) is 21.9 Å². The molecule has 3 aromatic heterocycles. The van der Waals surface area contributed by atoms with Crippen molar-refractivity contribution in [1.29, 1.82) is 0 Å². The molecule has 0 spiro atoms. The van der Waals surface area contributed by atoms with Crippen LogP contribution in [0.2, 0.25) is 0 Å². The zero-order valence-electron chi connectivity index (χ0n) is 18.0. The van der Waals surface area contributed by atoms with Gasteiger partial charge in [-0.1, -0.05) is 18.2 Å². The molecule has 1 N–H and O–H groups in total. The molecule has 0 amide bonds. The van der Waals surface area contributed by atoms with Crippen LogP contribution in [0.15, 0.2) is 60.9 Å². The molecule has 0 bridgehead atoms. The fraction of sp³-hybridized carbons (Fsp3) is 0.160. The number of nitrogens with zero attached hydrogens (tertiary/aromatic N) is 3. The van der Waals surface area contributed by atoms with Crippen molar-refractivity contribution in [2.24, 2.45) is 0 Å². The molecule has 160 valence electrons. The number of aromatic nitrogens is 3. The molecular weight excluding hydrogens is 420 g/mol. The summed E-state index contributed by atoms with van der Waals surface area (Å²) in [4.78, 5) is 15.9. The molecule has 0 atom stereocenters. The predicted molar refractivity (Wildman–Crippen MR) is 130 cm³/mol. The monoisotopic (exact) mass is 442 g/mol. The number of nitrogens with one attached hydrogen (secondary N) is 1. The predicted octanol–water partition coefficient (Wildman–Crippen LogP) is 5.84. The van der Waals surface area contributed by atoms with E-state index in [0.29, 0.717) is 23.9 Å². The number of methoxy groups -OCH3 is 2. The van der Waals surface area contributed by atoms with Crippen LogP contribution in [-0.4, -0.2) is 29.2 Å². The lowest BCUT2D eigenvalue weighted by Crippen LogP contribution is -2.04. The van der Waals surface area contributed by atoms with Crippen molar-refractivity contribution < 1.29 is 9.47 Å². The van der Waals surface area contributed by atoms with Gasteiger partial charge in [-0.25, -0.2) is 9.97 Å². The van der Waals surface area contributed by atoms with Crippen LogP contribution in [0.1, 0.15) is 10.7 Å². The summed E-state index contributed by atoms with van der Waals surface area (Å²) in [5.41, 5.74) is 2.04. The first-order valence-corrected chi connectivity index (χ1v) is 11.0. The maximum Gasteiger partial charge on any atom is 0.162 e. The van der Waals surface area contributed by atoms with Gasteiger partial charge in [0.05, 0.1) is 26.3 Å². The summed E-state index contributed by atoms with van der Waals surface area (Å²) in [7, 11) is 3.25. The molecule has 0 saturated carbocycles. The standard InChI is InChI=1S/C25H22N4O2S/c1-15-28-21-12-23(31-3)22(30-2)11-20(21)25(29-15)27-14-17-7-8-24(32-17)19-6-4-5-16-13-26-10-9-18(16)19/h4-13H,14H2,1-3H3,(H,27,28,29). The molecule has 3 heterocycles. The zero-order valence-corrected chi connectivity index (χ0v) is 18.9. The Kier molecular flexibility index (Phi) is 5.33. The van der Waals surface area contributed by atoms with Crippen LogP contribution in [0.4, 0.5) is 5.82 Å². The van der Waals surface area contributed by atoms with Gasteiger partial charge in [-0.3, -0.25) is 4.98 Å². The summed E-state index contributed by atoms with van der Waals surface area (Å²) in [6, 6.07) is 16.5. The molecule has 0 aliphatic heterocycles. The maximum atomic E-state index is 5.47. The number of anilines is 1. The van der Waals surface area contributed by atoms with Crippen LogP contribution in [0.25, 0.3) is 32.1 Å². The lowest BCUT2D eigenvalue weighted by atomic mass is 10.1. The summed E-state index contributed by atoms with van der Waals surface area (Å²) >= 11 is 1.77. The van der Waals surface area contributed by atoms with E-state index in [1.807, 2.05) is 31.5 Å². The second-order valence-electron chi connectivity index (χ2n) is 7.37. The number of fused-ring (bicyclic) bond motifs is 2. The van der Waals surface area contributed by atoms with Crippen LogP contribution >= 0.6 is 11.3 Å². The van der Waals surface area contributed by atoms with Gasteiger partial charge in [0.1, 0.15) is 11.6 Å². The highest BCUT2D eigenvalue weighted by Gasteiger charge is 2.13. The maximum absolute atomic E-state index is 5.47. The fourth-order valence-corrected chi connectivity index (χ4v) is 4.82. The van der Waals surface area contributed by atoms with Gasteiger partial charge in [-0.05, 0) is 42.1 Å². The van der Waals surface area contributed by atoms with E-state index in [-0.39, 0.29) is 0 Å². The molecule has 0 radical (unpaired) electrons. The van der Waals surface area contributed by atoms with Gasteiger partial charge in [0.25, 0.3) is 0 Å². The first-order chi connectivity index (χ1) is 15.7. The summed E-state index contributed by atoms with van der Waals surface area (Å²) < 4.78 is 10.9. The third kappa shape index (κ3) is 3.71. The van der Waals surface area contributed by atoms with Gasteiger partial charge in [-0.15, -0.1) is 11.3 Å². The van der Waals surface area contributed by atoms with E-state index in [2.05, 4.69) is 56.7 Å². The van der Waals surface area contributed by atoms with E-state index in [9.17, 15) is 0 Å². The van der Waals surface area contributed by atoms with Gasteiger partial charge >= 0.3 is 0 Å². The Morgan fingerprint density at radius 1 is 0.938 bits per heavy atom. The topological polar surface area (TPSA) is 69.2 Å². The SMILES string of the molecule is COc1cc2nc(C)nc(NCc3ccc(-c4cccc5cnccc45)s3)c2cc1OC. The summed E-state index contributed by atoms with van der Waals surface area (Å²) in [6.07, 6.45) is 3.74. The Labute approximate surface area is 189 Å². The van der Waals surface area contributed by atoms with E-state index >= 15 is 0 Å². The van der Waals surface area contributed by atoms with Crippen LogP contribution in [0.5, 0.6) is 11.5 Å². The largest absolute Gasteiger partial charge is 0.493 e. The summed E-state index contributed by atoms with van der Waals surface area (Å²) in [6.45, 7) is 2.55. The first kappa shape index (κ1) is 20.2. The quantitative estimate of drug-likeness (QED) is 0.356. The van der Waals surface area contributed by atoms with Gasteiger partial charge in [0.15, 0.2) is 11.5 Å². The highest BCUT2D eigenvalue weighted by Crippen LogP contribution is 2.36. The molecule has 5 rings (SSSR count). The van der Waals surface area contributed by atoms with E-state index in [0.717, 1.165) is 22.1 Å². The van der Waals surface area contributed by atoms with Gasteiger partial charge in [0.2, 0.25) is 0 Å². The minimum atomic E-state index is 0.650. The second-order valence-corrected chi connectivity index (χ2v) is 8.53. The highest BCUT2D eigenvalue weighted by atomic mass is 32.1. The average molecular weight is 443 g/mol. The van der Waals surface area contributed by atoms with Crippen LogP contribution < -0.4 is 14.8 Å². The molecular formula is C25H22N4O2S. The minimum absolute atomic E-state index is 0.650. The Hall–Kier alpha value is -3.71. The van der Waals surface area contributed by atoms with Crippen LogP contribution in [0.3, 0.4) is 0 Å². The van der Waals surface area contributed by atoms with E-state index in [1.165, 1.54) is 20.7 Å². The highest BCUT2D eigenvalue weighted by molar-refractivity contribution is 7.15. The van der Waals surface area contributed by atoms with Crippen molar-refractivity contribution in [2.45, 2.75) is 13.5 Å². The number of hydrogen-bond acceptors (Lipinski definition) is 7. The van der Waals surface area contributed by atoms with E-state index in [4.69, 9.17) is 9.47 Å². The smallest absolute Gasteiger partial charge is 0.162 e. The molecule has 32 heavy (non-hydrogen) atoms. The minimum Gasteiger partial charge on any atom is -0.493 e. The number of ether oxygens (including phenoxy) is 2. The van der Waals surface area contributed by atoms with E-state index in [1.54, 1.807) is 25.6 Å². The lowest BCUT2D eigenvalue weighted by Gasteiger charge is -2.12. The van der Waals surface area contributed by atoms with Crippen molar-refractivity contribution in [3.05, 3.63) is 71.6 Å². The number of aryl methyl sites for hydroxylation is 1. The average Bonchev–Trinajstić information content (AvgIpc) is 3.30. The van der Waals surface area contributed by atoms with Crippen LogP contribution in [0, 0.1) is 6.92 Å². The molecule has 0 aliphatic carbocycles. The second kappa shape index (κ2) is 8.43. The van der Waals surface area contributed by atoms with Gasteiger partial charge in [-0.2, -0.15) is 0 Å². The lowest BCUT2D eigenvalue weighted by molar-refractivity contribution is 0.356. The van der Waals surface area contributed by atoms with E-state index < -0.39 is 0 Å². The molecule has 7 heteroatoms. The number of thiophene rings is 1. The normalized spacial score (nSPS) is 11.1. The summed E-state index contributed by atoms with van der Waals surface area (Å²) in [5.74, 6) is 2.78. The molecule has 0 fully saturated rings. The molecule has 0 saturated heterocycles. The molecule has 0 unspecified atom stereocenters. The number of benzene rings is 2. The number of rotatable bonds is 6. The molecule has 6 nitrogen and oxygen atoms in total. The molecule has 0 aliphatic rings. The Balaban J connectivity index is 1.45. The zero-order chi connectivity index (χ0) is 22.1. The van der Waals surface area contributed by atoms with Crippen LogP contribution in [-0.2, 0) is 6.54 Å². The van der Waals surface area contributed by atoms with Crippen molar-refractivity contribution in [2.75, 3.05) is 19.5 Å². The third-order valence-electron chi connectivity index (χ3n) is 5.35. The Morgan fingerprint density at radius 2 is 1.78 bits per heavy atom. The third-order valence-corrected chi connectivity index (χ3v) is 6.47. The Morgan fingerprint density at radius 3 is 2.62 bits per heavy atom. The van der Waals surface area contributed by atoms with Gasteiger partial charge in [0, 0.05) is 39.0 Å². The first-order valence-electron chi connectivity index (χ1n) is 10.2. The van der Waals surface area contributed by atoms with Gasteiger partial charge < -0.3 is 14.8 Å². The fourth-order valence-electron chi connectivity index (χ4n) is 3.83. The van der Waals surface area contributed by atoms with Crippen molar-refractivity contribution in [1.82, 2.24) is 15.0 Å². The number of pyridine rings is 1. The number of hydrogen-bond donors (Lipinski definition) is 1. The molecule has 5 aromatic rings. The summed E-state index contributed by atoms with van der Waals surface area (Å²) in [5, 5.41) is 6.74. The van der Waals surface area contributed by atoms with Crippen molar-refractivity contribution in [3.63, 3.8) is 0 Å². The molecule has 2 aromatic carbocycles. The Bertz CT molecular complexity index is 1430.